The number of aryl methyl sites for hydroxylation is 1. The third-order valence-electron chi connectivity index (χ3n) is 3.59. The summed E-state index contributed by atoms with van der Waals surface area (Å²) in [5.41, 5.74) is 1.10. The lowest BCUT2D eigenvalue weighted by molar-refractivity contribution is -0.139. The number of rotatable bonds is 3. The van der Waals surface area contributed by atoms with Gasteiger partial charge >= 0.3 is 5.97 Å². The Kier molecular flexibility index (Phi) is 2.86. The fourth-order valence-corrected chi connectivity index (χ4v) is 3.67. The summed E-state index contributed by atoms with van der Waals surface area (Å²) in [5, 5.41) is 12.9. The van der Waals surface area contributed by atoms with Crippen LogP contribution in [0.25, 0.3) is 0 Å². The molecule has 1 atom stereocenters. The molecule has 2 aliphatic rings. The fourth-order valence-electron chi connectivity index (χ4n) is 2.43. The highest BCUT2D eigenvalue weighted by Crippen LogP contribution is 2.40. The van der Waals surface area contributed by atoms with Crippen molar-refractivity contribution in [3.05, 3.63) is 16.5 Å². The molecule has 5 heteroatoms. The van der Waals surface area contributed by atoms with Crippen LogP contribution in [0.2, 0.25) is 0 Å². The minimum atomic E-state index is -0.752. The number of carbonyl (C=O) groups is 2. The smallest absolute Gasteiger partial charge is 0.311 e. The van der Waals surface area contributed by atoms with Crippen LogP contribution in [-0.2, 0) is 16.0 Å². The maximum atomic E-state index is 11.7. The van der Waals surface area contributed by atoms with Crippen molar-refractivity contribution < 1.29 is 14.7 Å². The zero-order valence-electron chi connectivity index (χ0n) is 9.94. The van der Waals surface area contributed by atoms with Crippen LogP contribution in [-0.4, -0.2) is 17.0 Å². The third-order valence-corrected chi connectivity index (χ3v) is 4.80. The second-order valence-corrected chi connectivity index (χ2v) is 6.13. The third kappa shape index (κ3) is 2.14. The van der Waals surface area contributed by atoms with Gasteiger partial charge in [-0.25, -0.2) is 0 Å². The summed E-state index contributed by atoms with van der Waals surface area (Å²) in [5.74, 6) is -0.872. The summed E-state index contributed by atoms with van der Waals surface area (Å²) in [6.45, 7) is 0. The van der Waals surface area contributed by atoms with Gasteiger partial charge in [-0.3, -0.25) is 9.59 Å². The Hall–Kier alpha value is -1.36. The van der Waals surface area contributed by atoms with E-state index in [1.807, 2.05) is 6.07 Å². The van der Waals surface area contributed by atoms with E-state index in [2.05, 4.69) is 5.32 Å². The van der Waals surface area contributed by atoms with Crippen LogP contribution < -0.4 is 5.32 Å². The Labute approximate surface area is 109 Å². The molecule has 96 valence electrons. The topological polar surface area (TPSA) is 66.4 Å². The van der Waals surface area contributed by atoms with Gasteiger partial charge in [0.15, 0.2) is 0 Å². The summed E-state index contributed by atoms with van der Waals surface area (Å²) >= 11 is 1.43. The monoisotopic (exact) mass is 265 g/mol. The molecule has 1 aromatic heterocycles. The fraction of sp³-hybridized carbons (Fsp3) is 0.538. The van der Waals surface area contributed by atoms with Gasteiger partial charge in [-0.05, 0) is 43.7 Å². The van der Waals surface area contributed by atoms with Crippen molar-refractivity contribution in [2.75, 3.05) is 5.32 Å². The van der Waals surface area contributed by atoms with Crippen LogP contribution in [0.5, 0.6) is 0 Å². The molecule has 0 aliphatic heterocycles. The van der Waals surface area contributed by atoms with Crippen molar-refractivity contribution in [3.8, 4) is 0 Å². The molecule has 3 rings (SSSR count). The highest BCUT2D eigenvalue weighted by atomic mass is 32.1. The van der Waals surface area contributed by atoms with Crippen molar-refractivity contribution in [2.24, 2.45) is 5.92 Å². The number of aliphatic carboxylic acids is 1. The van der Waals surface area contributed by atoms with E-state index in [-0.39, 0.29) is 17.7 Å². The summed E-state index contributed by atoms with van der Waals surface area (Å²) in [7, 11) is 0. The Morgan fingerprint density at radius 3 is 2.78 bits per heavy atom. The van der Waals surface area contributed by atoms with Crippen LogP contribution >= 0.6 is 11.3 Å². The number of hydrogen-bond donors (Lipinski definition) is 2. The molecule has 0 aromatic carbocycles. The quantitative estimate of drug-likeness (QED) is 0.882. The van der Waals surface area contributed by atoms with E-state index >= 15 is 0 Å². The van der Waals surface area contributed by atoms with Crippen molar-refractivity contribution in [1.29, 1.82) is 0 Å². The zero-order valence-corrected chi connectivity index (χ0v) is 10.8. The highest BCUT2D eigenvalue weighted by Gasteiger charge is 2.32. The maximum absolute atomic E-state index is 11.7. The molecule has 2 aliphatic carbocycles. The minimum absolute atomic E-state index is 0.0838. The normalized spacial score (nSPS) is 22.3. The predicted molar refractivity (Wildman–Crippen MR) is 69.0 cm³/mol. The molecule has 1 heterocycles. The standard InChI is InChI=1S/C13H15NO3S/c15-12(7-4-5-7)14-10-6-8-2-1-3-9(13(16)17)11(8)18-10/h6-7,9H,1-5H2,(H,14,15)(H,16,17). The largest absolute Gasteiger partial charge is 0.481 e. The number of amides is 1. The Bertz CT molecular complexity index is 504. The highest BCUT2D eigenvalue weighted by molar-refractivity contribution is 7.16. The maximum Gasteiger partial charge on any atom is 0.311 e. The van der Waals surface area contributed by atoms with E-state index in [0.717, 1.165) is 41.1 Å². The number of anilines is 1. The molecular formula is C13H15NO3S. The molecule has 1 saturated carbocycles. The molecule has 0 bridgehead atoms. The molecule has 0 spiro atoms. The minimum Gasteiger partial charge on any atom is -0.481 e. The van der Waals surface area contributed by atoms with Crippen LogP contribution in [0.4, 0.5) is 5.00 Å². The van der Waals surface area contributed by atoms with Gasteiger partial charge in [0.1, 0.15) is 0 Å². The number of carbonyl (C=O) groups excluding carboxylic acids is 1. The molecule has 4 nitrogen and oxygen atoms in total. The van der Waals surface area contributed by atoms with Gasteiger partial charge in [-0.1, -0.05) is 0 Å². The molecular weight excluding hydrogens is 250 g/mol. The van der Waals surface area contributed by atoms with E-state index in [9.17, 15) is 14.7 Å². The first kappa shape index (κ1) is 11.7. The van der Waals surface area contributed by atoms with E-state index < -0.39 is 5.97 Å². The van der Waals surface area contributed by atoms with Crippen LogP contribution in [0.1, 0.15) is 42.0 Å². The van der Waals surface area contributed by atoms with Gasteiger partial charge < -0.3 is 10.4 Å². The van der Waals surface area contributed by atoms with Gasteiger partial charge in [0, 0.05) is 10.8 Å². The Balaban J connectivity index is 1.81. The predicted octanol–water partition coefficient (Wildman–Crippen LogP) is 2.60. The van der Waals surface area contributed by atoms with Gasteiger partial charge in [0.25, 0.3) is 0 Å². The van der Waals surface area contributed by atoms with Crippen molar-refractivity contribution in [3.63, 3.8) is 0 Å². The average molecular weight is 265 g/mol. The lowest BCUT2D eigenvalue weighted by Crippen LogP contribution is -2.15. The van der Waals surface area contributed by atoms with Crippen LogP contribution in [0.3, 0.4) is 0 Å². The SMILES string of the molecule is O=C(Nc1cc2c(s1)C(C(=O)O)CCC2)C1CC1. The van der Waals surface area contributed by atoms with E-state index in [0.29, 0.717) is 6.42 Å². The number of thiophene rings is 1. The van der Waals surface area contributed by atoms with Gasteiger partial charge in [-0.2, -0.15) is 0 Å². The lowest BCUT2D eigenvalue weighted by Gasteiger charge is -2.17. The first-order valence-corrected chi connectivity index (χ1v) is 7.13. The van der Waals surface area contributed by atoms with Crippen molar-refractivity contribution in [2.45, 2.75) is 38.0 Å². The second-order valence-electron chi connectivity index (χ2n) is 5.05. The number of carboxylic acid groups (broad SMARTS) is 1. The summed E-state index contributed by atoms with van der Waals surface area (Å²) in [4.78, 5) is 23.8. The van der Waals surface area contributed by atoms with E-state index in [1.54, 1.807) is 0 Å². The zero-order chi connectivity index (χ0) is 12.7. The van der Waals surface area contributed by atoms with E-state index in [4.69, 9.17) is 0 Å². The molecule has 1 aromatic rings. The lowest BCUT2D eigenvalue weighted by atomic mass is 9.89. The van der Waals surface area contributed by atoms with Gasteiger partial charge in [-0.15, -0.1) is 11.3 Å². The van der Waals surface area contributed by atoms with Crippen LogP contribution in [0.15, 0.2) is 6.07 Å². The first-order valence-electron chi connectivity index (χ1n) is 6.31. The Morgan fingerprint density at radius 1 is 1.33 bits per heavy atom. The van der Waals surface area contributed by atoms with Crippen molar-refractivity contribution >= 4 is 28.2 Å². The molecule has 1 fully saturated rings. The Morgan fingerprint density at radius 2 is 2.11 bits per heavy atom. The molecule has 2 N–H and O–H groups in total. The van der Waals surface area contributed by atoms with Crippen LogP contribution in [0, 0.1) is 5.92 Å². The summed E-state index contributed by atoms with van der Waals surface area (Å²) < 4.78 is 0. The molecule has 1 amide bonds. The molecule has 18 heavy (non-hydrogen) atoms. The van der Waals surface area contributed by atoms with Crippen molar-refractivity contribution in [1.82, 2.24) is 0 Å². The summed E-state index contributed by atoms with van der Waals surface area (Å²) in [6, 6.07) is 1.95. The average Bonchev–Trinajstić information content (AvgIpc) is 3.09. The van der Waals surface area contributed by atoms with Gasteiger partial charge in [0.05, 0.1) is 10.9 Å². The van der Waals surface area contributed by atoms with Gasteiger partial charge in [0.2, 0.25) is 5.91 Å². The number of nitrogens with one attached hydrogen (secondary N) is 1. The summed E-state index contributed by atoms with van der Waals surface area (Å²) in [6.07, 6.45) is 4.51. The molecule has 0 saturated heterocycles. The van der Waals surface area contributed by atoms with E-state index in [1.165, 1.54) is 11.3 Å². The molecule has 0 radical (unpaired) electrons. The number of fused-ring (bicyclic) bond motifs is 1. The number of carboxylic acids is 1. The second kappa shape index (κ2) is 4.39. The first-order chi connectivity index (χ1) is 8.65. The molecule has 1 unspecified atom stereocenters. The number of hydrogen-bond acceptors (Lipinski definition) is 3.